The van der Waals surface area contributed by atoms with Gasteiger partial charge in [-0.05, 0) is 27.2 Å². The Morgan fingerprint density at radius 1 is 0.515 bits per heavy atom. The van der Waals surface area contributed by atoms with Crippen LogP contribution >= 0.6 is 0 Å². The third-order valence-electron chi connectivity index (χ3n) is 4.37. The Kier molecular flexibility index (Phi) is 23.8. The summed E-state index contributed by atoms with van der Waals surface area (Å²) in [5, 5.41) is 0. The lowest BCUT2D eigenvalue weighted by molar-refractivity contribution is -0.156. The SMILES string of the molecule is CCCCCCCCOCCOCCOCCOCCOCCOCCC(=O)OC(C)(C)C. The van der Waals surface area contributed by atoms with Crippen LogP contribution in [0.2, 0.25) is 0 Å². The van der Waals surface area contributed by atoms with Crippen LogP contribution in [0, 0.1) is 0 Å². The van der Waals surface area contributed by atoms with Crippen LogP contribution in [-0.2, 0) is 38.0 Å². The van der Waals surface area contributed by atoms with Crippen LogP contribution < -0.4 is 0 Å². The molecular weight excluding hydrogens is 428 g/mol. The van der Waals surface area contributed by atoms with Gasteiger partial charge in [0.2, 0.25) is 0 Å². The second-order valence-electron chi connectivity index (χ2n) is 8.78. The van der Waals surface area contributed by atoms with Crippen molar-refractivity contribution in [3.05, 3.63) is 0 Å². The number of hydrogen-bond donors (Lipinski definition) is 0. The quantitative estimate of drug-likeness (QED) is 0.143. The summed E-state index contributed by atoms with van der Waals surface area (Å²) in [5.74, 6) is -0.251. The molecule has 0 rings (SSSR count). The smallest absolute Gasteiger partial charge is 0.308 e. The van der Waals surface area contributed by atoms with E-state index in [0.29, 0.717) is 72.7 Å². The molecule has 0 aliphatic heterocycles. The largest absolute Gasteiger partial charge is 0.460 e. The molecule has 0 aromatic rings. The van der Waals surface area contributed by atoms with E-state index in [1.165, 1.54) is 32.1 Å². The number of ether oxygens (including phenoxy) is 7. The van der Waals surface area contributed by atoms with E-state index in [2.05, 4.69) is 6.92 Å². The maximum Gasteiger partial charge on any atom is 0.308 e. The van der Waals surface area contributed by atoms with Gasteiger partial charge in [-0.3, -0.25) is 4.79 Å². The Labute approximate surface area is 201 Å². The number of carbonyl (C=O) groups excluding carboxylic acids is 1. The van der Waals surface area contributed by atoms with Crippen LogP contribution in [0.4, 0.5) is 0 Å². The Bertz CT molecular complexity index is 412. The lowest BCUT2D eigenvalue weighted by Gasteiger charge is -2.19. The fourth-order valence-electron chi connectivity index (χ4n) is 2.73. The molecule has 0 fully saturated rings. The Balaban J connectivity index is 3.10. The molecular formula is C25H50O8. The fraction of sp³-hybridized carbons (Fsp3) is 0.960. The molecule has 0 N–H and O–H groups in total. The number of hydrogen-bond acceptors (Lipinski definition) is 8. The maximum absolute atomic E-state index is 11.5. The fourth-order valence-corrected chi connectivity index (χ4v) is 2.73. The zero-order valence-electron chi connectivity index (χ0n) is 21.7. The monoisotopic (exact) mass is 478 g/mol. The van der Waals surface area contributed by atoms with Gasteiger partial charge in [-0.15, -0.1) is 0 Å². The molecule has 0 radical (unpaired) electrons. The van der Waals surface area contributed by atoms with Crippen molar-refractivity contribution in [1.82, 2.24) is 0 Å². The first-order valence-corrected chi connectivity index (χ1v) is 12.6. The molecule has 0 aromatic heterocycles. The summed E-state index contributed by atoms with van der Waals surface area (Å²) < 4.78 is 37.9. The van der Waals surface area contributed by atoms with Crippen molar-refractivity contribution >= 4 is 5.97 Å². The van der Waals surface area contributed by atoms with Gasteiger partial charge in [-0.1, -0.05) is 39.0 Å². The van der Waals surface area contributed by atoms with Crippen molar-refractivity contribution in [2.45, 2.75) is 78.2 Å². The van der Waals surface area contributed by atoms with E-state index in [1.807, 2.05) is 20.8 Å². The van der Waals surface area contributed by atoms with Gasteiger partial charge in [-0.25, -0.2) is 0 Å². The Morgan fingerprint density at radius 2 is 0.879 bits per heavy atom. The molecule has 8 nitrogen and oxygen atoms in total. The highest BCUT2D eigenvalue weighted by Crippen LogP contribution is 2.08. The van der Waals surface area contributed by atoms with Crippen LogP contribution in [0.15, 0.2) is 0 Å². The highest BCUT2D eigenvalue weighted by atomic mass is 16.6. The molecule has 0 saturated carbocycles. The highest BCUT2D eigenvalue weighted by molar-refractivity contribution is 5.69. The third kappa shape index (κ3) is 29.2. The van der Waals surface area contributed by atoms with Gasteiger partial charge >= 0.3 is 5.97 Å². The van der Waals surface area contributed by atoms with Gasteiger partial charge in [0.25, 0.3) is 0 Å². The molecule has 0 unspecified atom stereocenters. The molecule has 0 atom stereocenters. The molecule has 0 heterocycles. The van der Waals surface area contributed by atoms with Gasteiger partial charge in [0.1, 0.15) is 5.60 Å². The summed E-state index contributed by atoms with van der Waals surface area (Å²) in [5.41, 5.74) is -0.457. The summed E-state index contributed by atoms with van der Waals surface area (Å²) in [6.07, 6.45) is 7.93. The topological polar surface area (TPSA) is 81.7 Å². The minimum Gasteiger partial charge on any atom is -0.460 e. The molecule has 0 spiro atoms. The molecule has 0 aromatic carbocycles. The summed E-state index contributed by atoms with van der Waals surface area (Å²) in [6.45, 7) is 14.3. The van der Waals surface area contributed by atoms with Crippen molar-refractivity contribution in [3.8, 4) is 0 Å². The van der Waals surface area contributed by atoms with E-state index in [0.717, 1.165) is 13.0 Å². The molecule has 0 aliphatic rings. The van der Waals surface area contributed by atoms with Crippen molar-refractivity contribution in [2.24, 2.45) is 0 Å². The standard InChI is InChI=1S/C25H50O8/c1-5-6-7-8-9-10-12-27-14-16-29-18-20-31-22-23-32-21-19-30-17-15-28-13-11-24(26)33-25(2,3)4/h5-23H2,1-4H3. The van der Waals surface area contributed by atoms with Gasteiger partial charge in [-0.2, -0.15) is 0 Å². The predicted octanol–water partition coefficient (Wildman–Crippen LogP) is 4.18. The molecule has 0 bridgehead atoms. The first-order chi connectivity index (χ1) is 16.0. The minimum atomic E-state index is -0.457. The number of esters is 1. The second kappa shape index (κ2) is 24.4. The van der Waals surface area contributed by atoms with Crippen molar-refractivity contribution < 1.29 is 38.0 Å². The number of unbranched alkanes of at least 4 members (excludes halogenated alkanes) is 5. The molecule has 0 saturated heterocycles. The maximum atomic E-state index is 11.5. The Morgan fingerprint density at radius 3 is 1.30 bits per heavy atom. The summed E-state index contributed by atoms with van der Waals surface area (Å²) in [6, 6.07) is 0. The molecule has 8 heteroatoms. The van der Waals surface area contributed by atoms with E-state index in [4.69, 9.17) is 33.2 Å². The van der Waals surface area contributed by atoms with Crippen LogP contribution in [-0.4, -0.2) is 90.9 Å². The highest BCUT2D eigenvalue weighted by Gasteiger charge is 2.15. The van der Waals surface area contributed by atoms with Gasteiger partial charge in [0, 0.05) is 6.61 Å². The van der Waals surface area contributed by atoms with E-state index in [1.54, 1.807) is 0 Å². The van der Waals surface area contributed by atoms with E-state index in [9.17, 15) is 4.79 Å². The lowest BCUT2D eigenvalue weighted by Crippen LogP contribution is -2.24. The summed E-state index contributed by atoms with van der Waals surface area (Å²) in [7, 11) is 0. The first-order valence-electron chi connectivity index (χ1n) is 12.6. The summed E-state index contributed by atoms with van der Waals surface area (Å²) >= 11 is 0. The Hall–Kier alpha value is -0.770. The van der Waals surface area contributed by atoms with Crippen LogP contribution in [0.1, 0.15) is 72.6 Å². The van der Waals surface area contributed by atoms with Crippen molar-refractivity contribution in [3.63, 3.8) is 0 Å². The minimum absolute atomic E-state index is 0.248. The zero-order chi connectivity index (χ0) is 24.5. The van der Waals surface area contributed by atoms with E-state index in [-0.39, 0.29) is 12.4 Å². The summed E-state index contributed by atoms with van der Waals surface area (Å²) in [4.78, 5) is 11.5. The van der Waals surface area contributed by atoms with Gasteiger partial charge < -0.3 is 33.2 Å². The number of carbonyl (C=O) groups is 1. The number of rotatable bonds is 25. The van der Waals surface area contributed by atoms with E-state index < -0.39 is 5.60 Å². The van der Waals surface area contributed by atoms with Gasteiger partial charge in [0.05, 0.1) is 79.1 Å². The third-order valence-corrected chi connectivity index (χ3v) is 4.37. The molecule has 198 valence electrons. The van der Waals surface area contributed by atoms with Crippen LogP contribution in [0.25, 0.3) is 0 Å². The van der Waals surface area contributed by atoms with Gasteiger partial charge in [0.15, 0.2) is 0 Å². The zero-order valence-corrected chi connectivity index (χ0v) is 21.7. The molecule has 0 amide bonds. The van der Waals surface area contributed by atoms with E-state index >= 15 is 0 Å². The van der Waals surface area contributed by atoms with Crippen LogP contribution in [0.3, 0.4) is 0 Å². The normalized spacial score (nSPS) is 11.8. The lowest BCUT2D eigenvalue weighted by atomic mass is 10.1. The first kappa shape index (κ1) is 32.2. The van der Waals surface area contributed by atoms with Crippen molar-refractivity contribution in [2.75, 3.05) is 79.3 Å². The predicted molar refractivity (Wildman–Crippen MR) is 129 cm³/mol. The average molecular weight is 479 g/mol. The average Bonchev–Trinajstić information content (AvgIpc) is 2.75. The van der Waals surface area contributed by atoms with Crippen molar-refractivity contribution in [1.29, 1.82) is 0 Å². The van der Waals surface area contributed by atoms with Crippen LogP contribution in [0.5, 0.6) is 0 Å². The second-order valence-corrected chi connectivity index (χ2v) is 8.78. The molecule has 33 heavy (non-hydrogen) atoms. The molecule has 0 aliphatic carbocycles.